The van der Waals surface area contributed by atoms with E-state index < -0.39 is 0 Å². The molecule has 0 unspecified atom stereocenters. The van der Waals surface area contributed by atoms with Crippen LogP contribution in [0.2, 0.25) is 0 Å². The van der Waals surface area contributed by atoms with Gasteiger partial charge in [0.1, 0.15) is 5.82 Å². The summed E-state index contributed by atoms with van der Waals surface area (Å²) >= 11 is 0. The lowest BCUT2D eigenvalue weighted by molar-refractivity contribution is 0.0939. The predicted molar refractivity (Wildman–Crippen MR) is 60.5 cm³/mol. The van der Waals surface area contributed by atoms with Crippen LogP contribution in [0.1, 0.15) is 10.4 Å². The molecule has 0 aromatic carbocycles. The third kappa shape index (κ3) is 1.78. The van der Waals surface area contributed by atoms with Gasteiger partial charge >= 0.3 is 0 Å². The number of nitrogen functional groups attached to an aromatic ring is 1. The van der Waals surface area contributed by atoms with Crippen LogP contribution in [0, 0.1) is 0 Å². The number of hydrazine groups is 1. The maximum Gasteiger partial charge on any atom is 0.269 e. The van der Waals surface area contributed by atoms with Crippen LogP contribution in [0.5, 0.6) is 0 Å². The molecule has 4 N–H and O–H groups in total. The van der Waals surface area contributed by atoms with Crippen molar-refractivity contribution in [2.24, 2.45) is 0 Å². The summed E-state index contributed by atoms with van der Waals surface area (Å²) < 4.78 is 0. The highest BCUT2D eigenvalue weighted by atomic mass is 16.2. The lowest BCUT2D eigenvalue weighted by Gasteiger charge is -2.06. The number of amides is 1. The van der Waals surface area contributed by atoms with E-state index in [1.54, 1.807) is 25.4 Å². The van der Waals surface area contributed by atoms with Gasteiger partial charge in [0, 0.05) is 18.6 Å². The Morgan fingerprint density at radius 1 is 1.50 bits per heavy atom. The smallest absolute Gasteiger partial charge is 0.269 e. The number of nitrogens with zero attached hydrogens (tertiary/aromatic N) is 2. The Hall–Kier alpha value is -2.21. The van der Waals surface area contributed by atoms with Gasteiger partial charge in [-0.2, -0.15) is 0 Å². The van der Waals surface area contributed by atoms with Crippen LogP contribution in [0.15, 0.2) is 24.4 Å². The Morgan fingerprint density at radius 2 is 2.31 bits per heavy atom. The van der Waals surface area contributed by atoms with Crippen LogP contribution >= 0.6 is 0 Å². The molecule has 2 heterocycles. The number of nitrogens with two attached hydrogens (primary N) is 1. The van der Waals surface area contributed by atoms with Crippen molar-refractivity contribution in [3.63, 3.8) is 0 Å². The summed E-state index contributed by atoms with van der Waals surface area (Å²) in [6.07, 6.45) is 1.63. The number of aromatic nitrogens is 2. The monoisotopic (exact) mass is 217 g/mol. The van der Waals surface area contributed by atoms with Gasteiger partial charge in [-0.05, 0) is 18.2 Å². The minimum absolute atomic E-state index is 0.166. The molecule has 0 aliphatic carbocycles. The van der Waals surface area contributed by atoms with Crippen molar-refractivity contribution < 1.29 is 4.79 Å². The first-order chi connectivity index (χ1) is 7.72. The summed E-state index contributed by atoms with van der Waals surface area (Å²) in [6.45, 7) is 0. The van der Waals surface area contributed by atoms with Crippen LogP contribution in [0.25, 0.3) is 11.0 Å². The summed E-state index contributed by atoms with van der Waals surface area (Å²) in [7, 11) is 1.60. The topological polar surface area (TPSA) is 92.9 Å². The molecular formula is C10H11N5O. The SMILES string of the molecule is CNNC(=O)c1cc2cccnc2nc1N. The lowest BCUT2D eigenvalue weighted by Crippen LogP contribution is -2.34. The van der Waals surface area contributed by atoms with Crippen LogP contribution in [-0.4, -0.2) is 22.9 Å². The molecule has 82 valence electrons. The molecule has 16 heavy (non-hydrogen) atoms. The number of nitrogens with one attached hydrogen (secondary N) is 2. The fraction of sp³-hybridized carbons (Fsp3) is 0.100. The molecule has 0 saturated heterocycles. The first kappa shape index (κ1) is 10.3. The normalized spacial score (nSPS) is 10.3. The Morgan fingerprint density at radius 3 is 3.06 bits per heavy atom. The van der Waals surface area contributed by atoms with Gasteiger partial charge < -0.3 is 5.73 Å². The molecule has 2 aromatic heterocycles. The number of anilines is 1. The first-order valence-corrected chi connectivity index (χ1v) is 4.70. The summed E-state index contributed by atoms with van der Waals surface area (Å²) in [6, 6.07) is 5.27. The zero-order valence-corrected chi connectivity index (χ0v) is 8.69. The highest BCUT2D eigenvalue weighted by molar-refractivity contribution is 6.01. The maximum absolute atomic E-state index is 11.6. The molecule has 0 spiro atoms. The number of hydrogen-bond acceptors (Lipinski definition) is 5. The third-order valence-electron chi connectivity index (χ3n) is 2.10. The molecule has 0 atom stereocenters. The van der Waals surface area contributed by atoms with Crippen molar-refractivity contribution in [1.29, 1.82) is 0 Å². The molecule has 0 aliphatic rings. The summed E-state index contributed by atoms with van der Waals surface area (Å²) in [5.74, 6) is -0.155. The summed E-state index contributed by atoms with van der Waals surface area (Å²) in [5.41, 5.74) is 11.5. The van der Waals surface area contributed by atoms with Gasteiger partial charge in [-0.15, -0.1) is 0 Å². The van der Waals surface area contributed by atoms with E-state index in [0.29, 0.717) is 11.2 Å². The van der Waals surface area contributed by atoms with E-state index in [2.05, 4.69) is 20.8 Å². The second kappa shape index (κ2) is 4.11. The van der Waals surface area contributed by atoms with Gasteiger partial charge in [-0.25, -0.2) is 15.4 Å². The Labute approximate surface area is 91.9 Å². The van der Waals surface area contributed by atoms with E-state index in [9.17, 15) is 4.79 Å². The number of rotatable bonds is 2. The van der Waals surface area contributed by atoms with Crippen molar-refractivity contribution in [2.75, 3.05) is 12.8 Å². The van der Waals surface area contributed by atoms with Crippen LogP contribution in [-0.2, 0) is 0 Å². The fourth-order valence-electron chi connectivity index (χ4n) is 1.38. The predicted octanol–water partition coefficient (Wildman–Crippen LogP) is 0.0762. The van der Waals surface area contributed by atoms with Gasteiger partial charge in [0.2, 0.25) is 0 Å². The van der Waals surface area contributed by atoms with E-state index in [-0.39, 0.29) is 11.7 Å². The van der Waals surface area contributed by atoms with Gasteiger partial charge in [-0.3, -0.25) is 10.2 Å². The standard InChI is InChI=1S/C10H11N5O/c1-12-15-10(16)7-5-6-3-2-4-13-9(6)14-8(7)11/h2-5,12H,1H3,(H,15,16)(H2,11,13,14). The Bertz CT molecular complexity index is 540. The zero-order chi connectivity index (χ0) is 11.5. The van der Waals surface area contributed by atoms with E-state index >= 15 is 0 Å². The second-order valence-electron chi connectivity index (χ2n) is 3.18. The van der Waals surface area contributed by atoms with Crippen LogP contribution < -0.4 is 16.6 Å². The molecular weight excluding hydrogens is 206 g/mol. The fourth-order valence-corrected chi connectivity index (χ4v) is 1.38. The molecule has 0 aliphatic heterocycles. The third-order valence-corrected chi connectivity index (χ3v) is 2.10. The van der Waals surface area contributed by atoms with E-state index in [1.165, 1.54) is 0 Å². The summed E-state index contributed by atoms with van der Waals surface area (Å²) in [4.78, 5) is 19.7. The molecule has 0 radical (unpaired) electrons. The first-order valence-electron chi connectivity index (χ1n) is 4.70. The Kier molecular flexibility index (Phi) is 2.65. The molecule has 0 fully saturated rings. The van der Waals surface area contributed by atoms with E-state index in [4.69, 9.17) is 5.73 Å². The quantitative estimate of drug-likeness (QED) is 0.619. The lowest BCUT2D eigenvalue weighted by atomic mass is 10.2. The van der Waals surface area contributed by atoms with Gasteiger partial charge in [0.05, 0.1) is 5.56 Å². The average molecular weight is 217 g/mol. The number of pyridine rings is 2. The molecule has 6 nitrogen and oxygen atoms in total. The van der Waals surface area contributed by atoms with Gasteiger partial charge in [-0.1, -0.05) is 0 Å². The Balaban J connectivity index is 2.54. The van der Waals surface area contributed by atoms with E-state index in [1.807, 2.05) is 6.07 Å². The molecule has 6 heteroatoms. The van der Waals surface area contributed by atoms with Crippen LogP contribution in [0.3, 0.4) is 0 Å². The largest absolute Gasteiger partial charge is 0.383 e. The molecule has 2 rings (SSSR count). The van der Waals surface area contributed by atoms with Crippen LogP contribution in [0.4, 0.5) is 5.82 Å². The molecule has 2 aromatic rings. The average Bonchev–Trinajstić information content (AvgIpc) is 2.28. The molecule has 0 saturated carbocycles. The van der Waals surface area contributed by atoms with Crippen molar-refractivity contribution in [1.82, 2.24) is 20.8 Å². The second-order valence-corrected chi connectivity index (χ2v) is 3.18. The number of hydrogen-bond donors (Lipinski definition) is 3. The van der Waals surface area contributed by atoms with Gasteiger partial charge in [0.25, 0.3) is 5.91 Å². The van der Waals surface area contributed by atoms with Crippen molar-refractivity contribution >= 4 is 22.8 Å². The highest BCUT2D eigenvalue weighted by Crippen LogP contribution is 2.16. The highest BCUT2D eigenvalue weighted by Gasteiger charge is 2.11. The number of carbonyl (C=O) groups is 1. The number of fused-ring (bicyclic) bond motifs is 1. The molecule has 1 amide bonds. The van der Waals surface area contributed by atoms with Gasteiger partial charge in [0.15, 0.2) is 5.65 Å². The van der Waals surface area contributed by atoms with E-state index in [0.717, 1.165) is 5.39 Å². The van der Waals surface area contributed by atoms with Crippen molar-refractivity contribution in [3.05, 3.63) is 30.0 Å². The summed E-state index contributed by atoms with van der Waals surface area (Å²) in [5, 5.41) is 0.776. The number of carbonyl (C=O) groups excluding carboxylic acids is 1. The minimum Gasteiger partial charge on any atom is -0.383 e. The molecule has 0 bridgehead atoms. The maximum atomic E-state index is 11.6. The zero-order valence-electron chi connectivity index (χ0n) is 8.69. The van der Waals surface area contributed by atoms with Crippen molar-refractivity contribution in [3.8, 4) is 0 Å². The minimum atomic E-state index is -0.321. The van der Waals surface area contributed by atoms with Crippen molar-refractivity contribution in [2.45, 2.75) is 0 Å².